The predicted octanol–water partition coefficient (Wildman–Crippen LogP) is 5.27. The number of nitrogens with zero attached hydrogens (tertiary/aromatic N) is 3. The highest BCUT2D eigenvalue weighted by Crippen LogP contribution is 2.36. The van der Waals surface area contributed by atoms with Gasteiger partial charge in [0.05, 0.1) is 35.5 Å². The third kappa shape index (κ3) is 7.43. The number of nitrogens with one attached hydrogen (secondary N) is 2. The van der Waals surface area contributed by atoms with Crippen LogP contribution in [0.5, 0.6) is 11.5 Å². The van der Waals surface area contributed by atoms with Crippen LogP contribution in [0.3, 0.4) is 0 Å². The number of benzene rings is 2. The van der Waals surface area contributed by atoms with E-state index in [1.165, 1.54) is 25.5 Å². The molecule has 0 unspecified atom stereocenters. The molecule has 0 saturated carbocycles. The van der Waals surface area contributed by atoms with Crippen molar-refractivity contribution >= 4 is 50.2 Å². The number of halogens is 4. The number of anilines is 2. The molecule has 1 amide bonds. The van der Waals surface area contributed by atoms with Crippen LogP contribution in [-0.4, -0.2) is 30.8 Å². The number of hydrogen-bond donors (Lipinski definition) is 2. The molecule has 0 fully saturated rings. The molecule has 0 aliphatic heterocycles. The van der Waals surface area contributed by atoms with Crippen molar-refractivity contribution in [2.75, 3.05) is 19.0 Å². The van der Waals surface area contributed by atoms with Crippen molar-refractivity contribution in [1.29, 1.82) is 5.26 Å². The predicted molar refractivity (Wildman–Crippen MR) is 128 cm³/mol. The summed E-state index contributed by atoms with van der Waals surface area (Å²) in [5.74, 6) is 0.316. The molecule has 8 nitrogen and oxygen atoms in total. The monoisotopic (exact) mass is 567 g/mol. The van der Waals surface area contributed by atoms with Gasteiger partial charge in [0.25, 0.3) is 0 Å². The van der Waals surface area contributed by atoms with E-state index in [9.17, 15) is 18.0 Å². The Labute approximate surface area is 210 Å². The number of nitriles is 1. The van der Waals surface area contributed by atoms with Crippen LogP contribution in [0.1, 0.15) is 16.8 Å². The van der Waals surface area contributed by atoms with Gasteiger partial charge in [-0.05, 0) is 51.8 Å². The Kier molecular flexibility index (Phi) is 8.67. The highest BCUT2D eigenvalue weighted by Gasteiger charge is 2.30. The van der Waals surface area contributed by atoms with Gasteiger partial charge in [0.15, 0.2) is 23.2 Å². The molecule has 3 aromatic rings. The maximum Gasteiger partial charge on any atom is 0.416 e. The molecule has 13 heteroatoms. The lowest BCUT2D eigenvalue weighted by atomic mass is 10.2. The number of aromatic nitrogens is 1. The Morgan fingerprint density at radius 3 is 2.86 bits per heavy atom. The Hall–Kier alpha value is -3.63. The van der Waals surface area contributed by atoms with Gasteiger partial charge in [-0.3, -0.25) is 4.79 Å². The van der Waals surface area contributed by atoms with Crippen LogP contribution in [0.4, 0.5) is 24.0 Å². The molecule has 0 spiro atoms. The molecular weight excluding hydrogens is 551 g/mol. The van der Waals surface area contributed by atoms with E-state index in [1.807, 2.05) is 6.07 Å². The van der Waals surface area contributed by atoms with Gasteiger partial charge in [-0.25, -0.2) is 10.4 Å². The maximum atomic E-state index is 12.9. The lowest BCUT2D eigenvalue weighted by molar-refractivity contribution is -0.137. The van der Waals surface area contributed by atoms with Crippen LogP contribution in [0.2, 0.25) is 0 Å². The fourth-order valence-corrected chi connectivity index (χ4v) is 4.09. The Bertz CT molecular complexity index is 1270. The summed E-state index contributed by atoms with van der Waals surface area (Å²) in [4.78, 5) is 16.4. The van der Waals surface area contributed by atoms with E-state index >= 15 is 0 Å². The minimum absolute atomic E-state index is 0.0773. The number of thiazole rings is 1. The fraction of sp³-hybridized carbons (Fsp3) is 0.182. The number of hydrazone groups is 1. The number of carbonyl (C=O) groups is 1. The second-order valence-corrected chi connectivity index (χ2v) is 8.51. The van der Waals surface area contributed by atoms with E-state index in [1.54, 1.807) is 17.5 Å². The molecule has 0 bridgehead atoms. The average Bonchev–Trinajstić information content (AvgIpc) is 3.24. The topological polar surface area (TPSA) is 109 Å². The summed E-state index contributed by atoms with van der Waals surface area (Å²) in [5, 5.41) is 17.4. The van der Waals surface area contributed by atoms with Gasteiger partial charge in [0, 0.05) is 11.1 Å². The number of methoxy groups -OCH3 is 1. The summed E-state index contributed by atoms with van der Waals surface area (Å²) in [6, 6.07) is 9.93. The summed E-state index contributed by atoms with van der Waals surface area (Å²) in [5.41, 5.74) is 2.88. The first-order valence-electron chi connectivity index (χ1n) is 9.77. The molecule has 2 N–H and O–H groups in total. The van der Waals surface area contributed by atoms with Gasteiger partial charge >= 0.3 is 6.18 Å². The van der Waals surface area contributed by atoms with Gasteiger partial charge in [-0.15, -0.1) is 11.3 Å². The number of rotatable bonds is 9. The van der Waals surface area contributed by atoms with E-state index < -0.39 is 17.6 Å². The van der Waals surface area contributed by atoms with Crippen molar-refractivity contribution < 1.29 is 27.4 Å². The van der Waals surface area contributed by atoms with Crippen molar-refractivity contribution in [3.63, 3.8) is 0 Å². The van der Waals surface area contributed by atoms with Crippen molar-refractivity contribution in [1.82, 2.24) is 10.4 Å². The summed E-state index contributed by atoms with van der Waals surface area (Å²) in [6.07, 6.45) is -3.12. The molecule has 1 heterocycles. The third-order valence-corrected chi connectivity index (χ3v) is 5.67. The Morgan fingerprint density at radius 1 is 1.34 bits per heavy atom. The SMILES string of the molecule is COc1cc(/C=N\NC(=O)Cc2csc(Nc3cccc(C(F)(F)F)c3)n2)cc(Br)c1OCC#N. The van der Waals surface area contributed by atoms with Crippen LogP contribution < -0.4 is 20.2 Å². The van der Waals surface area contributed by atoms with Gasteiger partial charge in [0.2, 0.25) is 5.91 Å². The lowest BCUT2D eigenvalue weighted by Gasteiger charge is -2.11. The third-order valence-electron chi connectivity index (χ3n) is 4.27. The summed E-state index contributed by atoms with van der Waals surface area (Å²) < 4.78 is 49.7. The van der Waals surface area contributed by atoms with Crippen LogP contribution in [-0.2, 0) is 17.4 Å². The fourth-order valence-electron chi connectivity index (χ4n) is 2.78. The van der Waals surface area contributed by atoms with Crippen LogP contribution in [0.15, 0.2) is 51.4 Å². The number of carbonyl (C=O) groups excluding carboxylic acids is 1. The number of ether oxygens (including phenoxy) is 2. The molecule has 1 aromatic heterocycles. The maximum absolute atomic E-state index is 12.9. The molecule has 182 valence electrons. The normalized spacial score (nSPS) is 11.2. The minimum Gasteiger partial charge on any atom is -0.493 e. The minimum atomic E-state index is -4.45. The lowest BCUT2D eigenvalue weighted by Crippen LogP contribution is -2.20. The first-order chi connectivity index (χ1) is 16.7. The van der Waals surface area contributed by atoms with Crippen molar-refractivity contribution in [3.8, 4) is 17.6 Å². The van der Waals surface area contributed by atoms with Gasteiger partial charge in [-0.1, -0.05) is 6.07 Å². The van der Waals surface area contributed by atoms with Gasteiger partial charge in [0.1, 0.15) is 6.07 Å². The quantitative estimate of drug-likeness (QED) is 0.269. The first-order valence-corrected chi connectivity index (χ1v) is 11.4. The smallest absolute Gasteiger partial charge is 0.416 e. The molecular formula is C22H17BrF3N5O3S. The van der Waals surface area contributed by atoms with Gasteiger partial charge in [-0.2, -0.15) is 23.5 Å². The first kappa shape index (κ1) is 26.0. The molecule has 0 aliphatic rings. The Morgan fingerprint density at radius 2 is 2.14 bits per heavy atom. The van der Waals surface area contributed by atoms with Crippen LogP contribution in [0.25, 0.3) is 0 Å². The standard InChI is InChI=1S/C22H17BrF3N5O3S/c1-33-18-8-13(7-17(23)20(18)34-6-5-27)11-28-31-19(32)10-16-12-35-21(30-16)29-15-4-2-3-14(9-15)22(24,25)26/h2-4,7-9,11-12H,6,10H2,1H3,(H,29,30)(H,31,32)/b28-11-. The zero-order valence-corrected chi connectivity index (χ0v) is 20.4. The summed E-state index contributed by atoms with van der Waals surface area (Å²) in [6.45, 7) is -0.147. The molecule has 0 saturated heterocycles. The van der Waals surface area contributed by atoms with Crippen molar-refractivity contribution in [2.24, 2.45) is 5.10 Å². The van der Waals surface area contributed by atoms with E-state index in [0.717, 1.165) is 23.5 Å². The molecule has 2 aromatic carbocycles. The number of alkyl halides is 3. The molecule has 3 rings (SSSR count). The van der Waals surface area contributed by atoms with Crippen LogP contribution in [0, 0.1) is 11.3 Å². The molecule has 0 radical (unpaired) electrons. The second kappa shape index (κ2) is 11.7. The Balaban J connectivity index is 1.57. The van der Waals surface area contributed by atoms with E-state index in [-0.39, 0.29) is 18.7 Å². The zero-order valence-electron chi connectivity index (χ0n) is 18.0. The number of amides is 1. The van der Waals surface area contributed by atoms with E-state index in [4.69, 9.17) is 14.7 Å². The second-order valence-electron chi connectivity index (χ2n) is 6.80. The molecule has 35 heavy (non-hydrogen) atoms. The van der Waals surface area contributed by atoms with Crippen molar-refractivity contribution in [2.45, 2.75) is 12.6 Å². The molecule has 0 atom stereocenters. The summed E-state index contributed by atoms with van der Waals surface area (Å²) in [7, 11) is 1.45. The van der Waals surface area contributed by atoms with E-state index in [0.29, 0.717) is 32.4 Å². The summed E-state index contributed by atoms with van der Waals surface area (Å²) >= 11 is 4.50. The average molecular weight is 568 g/mol. The highest BCUT2D eigenvalue weighted by atomic mass is 79.9. The van der Waals surface area contributed by atoms with Crippen molar-refractivity contribution in [3.05, 3.63) is 63.1 Å². The van der Waals surface area contributed by atoms with Gasteiger partial charge < -0.3 is 14.8 Å². The molecule has 0 aliphatic carbocycles. The van der Waals surface area contributed by atoms with Crippen LogP contribution >= 0.6 is 27.3 Å². The largest absolute Gasteiger partial charge is 0.493 e. The number of hydrogen-bond acceptors (Lipinski definition) is 8. The van der Waals surface area contributed by atoms with E-state index in [2.05, 4.69) is 36.8 Å². The highest BCUT2D eigenvalue weighted by molar-refractivity contribution is 9.10. The zero-order chi connectivity index (χ0) is 25.4.